The quantitative estimate of drug-likeness (QED) is 0.822. The molecule has 0 amide bonds. The minimum Gasteiger partial charge on any atom is -0.465 e. The Bertz CT molecular complexity index is 646. The zero-order valence-electron chi connectivity index (χ0n) is 12.6. The highest BCUT2D eigenvalue weighted by Gasteiger charge is 2.21. The summed E-state index contributed by atoms with van der Waals surface area (Å²) in [5.74, 6) is 0.243. The molecule has 2 aliphatic heterocycles. The smallest absolute Gasteiger partial charge is 0.338 e. The second-order valence-electron chi connectivity index (χ2n) is 5.66. The van der Waals surface area contributed by atoms with Crippen LogP contribution in [0.4, 0.5) is 0 Å². The highest BCUT2D eigenvalue weighted by molar-refractivity contribution is 9.10. The van der Waals surface area contributed by atoms with Crippen LogP contribution in [-0.4, -0.2) is 38.9 Å². The molecule has 2 aliphatic rings. The van der Waals surface area contributed by atoms with Crippen molar-refractivity contribution in [3.05, 3.63) is 38.9 Å². The standard InChI is InChI=1S/C17H19BrN2O2/c1-22-17(21)15-8-14(18)7-12-6-13(9-20-10-16(12)15)11-2-4-19-5-3-11/h6-8,10-11,19H,2-5,9H2,1H3. The number of aliphatic imine (C=N–C) groups is 1. The number of rotatable bonds is 2. The number of nitrogens with zero attached hydrogens (tertiary/aromatic N) is 1. The summed E-state index contributed by atoms with van der Waals surface area (Å²) >= 11 is 3.49. The van der Waals surface area contributed by atoms with E-state index in [4.69, 9.17) is 4.74 Å². The van der Waals surface area contributed by atoms with Gasteiger partial charge in [0, 0.05) is 16.3 Å². The Kier molecular flexibility index (Phi) is 4.74. The number of carbonyl (C=O) groups is 1. The van der Waals surface area contributed by atoms with Crippen LogP contribution in [0.2, 0.25) is 0 Å². The average molecular weight is 363 g/mol. The van der Waals surface area contributed by atoms with E-state index in [1.165, 1.54) is 12.7 Å². The Morgan fingerprint density at radius 1 is 1.36 bits per heavy atom. The monoisotopic (exact) mass is 362 g/mol. The number of esters is 1. The zero-order chi connectivity index (χ0) is 15.5. The van der Waals surface area contributed by atoms with Crippen molar-refractivity contribution in [2.24, 2.45) is 10.9 Å². The number of methoxy groups -OCH3 is 1. The molecule has 0 aromatic heterocycles. The van der Waals surface area contributed by atoms with Gasteiger partial charge in [0.25, 0.3) is 0 Å². The maximum atomic E-state index is 12.0. The van der Waals surface area contributed by atoms with E-state index in [0.717, 1.165) is 41.5 Å². The highest BCUT2D eigenvalue weighted by Crippen LogP contribution is 2.29. The van der Waals surface area contributed by atoms with Crippen molar-refractivity contribution < 1.29 is 9.53 Å². The largest absolute Gasteiger partial charge is 0.465 e. The van der Waals surface area contributed by atoms with Gasteiger partial charge in [0.15, 0.2) is 0 Å². The van der Waals surface area contributed by atoms with Crippen LogP contribution in [0.15, 0.2) is 27.2 Å². The fourth-order valence-corrected chi connectivity index (χ4v) is 3.58. The van der Waals surface area contributed by atoms with Crippen LogP contribution >= 0.6 is 15.9 Å². The number of nitrogens with one attached hydrogen (secondary N) is 1. The van der Waals surface area contributed by atoms with Crippen LogP contribution in [0.1, 0.15) is 34.3 Å². The number of fused-ring (bicyclic) bond motifs is 1. The van der Waals surface area contributed by atoms with Gasteiger partial charge in [-0.15, -0.1) is 0 Å². The molecule has 1 N–H and O–H groups in total. The molecule has 1 saturated heterocycles. The summed E-state index contributed by atoms with van der Waals surface area (Å²) in [4.78, 5) is 16.5. The number of hydrogen-bond acceptors (Lipinski definition) is 4. The van der Waals surface area contributed by atoms with E-state index in [9.17, 15) is 4.79 Å². The lowest BCUT2D eigenvalue weighted by atomic mass is 9.88. The molecule has 1 aromatic carbocycles. The molecule has 4 nitrogen and oxygen atoms in total. The Morgan fingerprint density at radius 2 is 2.14 bits per heavy atom. The van der Waals surface area contributed by atoms with E-state index in [1.54, 1.807) is 12.3 Å². The van der Waals surface area contributed by atoms with Gasteiger partial charge in [-0.1, -0.05) is 22.0 Å². The molecular formula is C17H19BrN2O2. The van der Waals surface area contributed by atoms with Gasteiger partial charge in [0.2, 0.25) is 0 Å². The van der Waals surface area contributed by atoms with E-state index >= 15 is 0 Å². The van der Waals surface area contributed by atoms with Crippen LogP contribution in [0.3, 0.4) is 0 Å². The third kappa shape index (κ3) is 3.15. The van der Waals surface area contributed by atoms with Gasteiger partial charge in [-0.3, -0.25) is 4.99 Å². The molecule has 0 saturated carbocycles. The molecule has 22 heavy (non-hydrogen) atoms. The van der Waals surface area contributed by atoms with Crippen LogP contribution in [0, 0.1) is 5.92 Å². The number of hydrogen-bond donors (Lipinski definition) is 1. The summed E-state index contributed by atoms with van der Waals surface area (Å²) in [6.07, 6.45) is 6.30. The summed E-state index contributed by atoms with van der Waals surface area (Å²) in [6, 6.07) is 3.83. The lowest BCUT2D eigenvalue weighted by molar-refractivity contribution is 0.0600. The molecule has 3 rings (SSSR count). The molecule has 116 valence electrons. The molecule has 0 aliphatic carbocycles. The third-order valence-corrected chi connectivity index (χ3v) is 4.74. The van der Waals surface area contributed by atoms with Crippen molar-refractivity contribution in [1.82, 2.24) is 5.32 Å². The van der Waals surface area contributed by atoms with E-state index in [2.05, 4.69) is 32.3 Å². The first kappa shape index (κ1) is 15.4. The second kappa shape index (κ2) is 6.75. The van der Waals surface area contributed by atoms with Gasteiger partial charge in [-0.2, -0.15) is 0 Å². The molecular weight excluding hydrogens is 344 g/mol. The highest BCUT2D eigenvalue weighted by atomic mass is 79.9. The second-order valence-corrected chi connectivity index (χ2v) is 6.58. The molecule has 2 heterocycles. The molecule has 5 heteroatoms. The Morgan fingerprint density at radius 3 is 2.86 bits per heavy atom. The fraction of sp³-hybridized carbons (Fsp3) is 0.412. The van der Waals surface area contributed by atoms with Gasteiger partial charge in [0.05, 0.1) is 19.2 Å². The minimum atomic E-state index is -0.331. The normalized spacial score (nSPS) is 18.4. The van der Waals surface area contributed by atoms with E-state index in [-0.39, 0.29) is 5.97 Å². The van der Waals surface area contributed by atoms with Gasteiger partial charge >= 0.3 is 5.97 Å². The van der Waals surface area contributed by atoms with Crippen LogP contribution in [0.5, 0.6) is 0 Å². The van der Waals surface area contributed by atoms with Crippen molar-refractivity contribution in [1.29, 1.82) is 0 Å². The summed E-state index contributed by atoms with van der Waals surface area (Å²) in [6.45, 7) is 2.83. The first-order valence-corrected chi connectivity index (χ1v) is 8.31. The molecule has 0 atom stereocenters. The van der Waals surface area contributed by atoms with Crippen molar-refractivity contribution in [3.63, 3.8) is 0 Å². The number of piperidine rings is 1. The minimum absolute atomic E-state index is 0.331. The third-order valence-electron chi connectivity index (χ3n) is 4.28. The Balaban J connectivity index is 2.03. The van der Waals surface area contributed by atoms with Crippen LogP contribution in [-0.2, 0) is 4.74 Å². The van der Waals surface area contributed by atoms with Crippen LogP contribution in [0.25, 0.3) is 6.08 Å². The summed E-state index contributed by atoms with van der Waals surface area (Å²) in [5.41, 5.74) is 3.78. The summed E-state index contributed by atoms with van der Waals surface area (Å²) < 4.78 is 5.77. The fourth-order valence-electron chi connectivity index (χ4n) is 3.11. The Labute approximate surface area is 138 Å². The predicted octanol–water partition coefficient (Wildman–Crippen LogP) is 3.05. The molecule has 1 aromatic rings. The van der Waals surface area contributed by atoms with E-state index in [0.29, 0.717) is 18.0 Å². The Hall–Kier alpha value is -1.46. The van der Waals surface area contributed by atoms with E-state index < -0.39 is 0 Å². The van der Waals surface area contributed by atoms with Gasteiger partial charge in [-0.25, -0.2) is 4.79 Å². The van der Waals surface area contributed by atoms with Crippen molar-refractivity contribution >= 4 is 34.2 Å². The van der Waals surface area contributed by atoms with Crippen molar-refractivity contribution in [3.8, 4) is 0 Å². The van der Waals surface area contributed by atoms with Gasteiger partial charge in [0.1, 0.15) is 0 Å². The lowest BCUT2D eigenvalue weighted by Gasteiger charge is -2.24. The average Bonchev–Trinajstić information content (AvgIpc) is 2.76. The maximum Gasteiger partial charge on any atom is 0.338 e. The predicted molar refractivity (Wildman–Crippen MR) is 91.5 cm³/mol. The number of carbonyl (C=O) groups excluding carboxylic acids is 1. The first-order chi connectivity index (χ1) is 10.7. The van der Waals surface area contributed by atoms with Gasteiger partial charge in [-0.05, 0) is 55.1 Å². The van der Waals surface area contributed by atoms with Crippen molar-refractivity contribution in [2.75, 3.05) is 26.7 Å². The van der Waals surface area contributed by atoms with Crippen molar-refractivity contribution in [2.45, 2.75) is 12.8 Å². The molecule has 0 unspecified atom stereocenters. The zero-order valence-corrected chi connectivity index (χ0v) is 14.1. The molecule has 1 fully saturated rings. The first-order valence-electron chi connectivity index (χ1n) is 7.52. The number of halogens is 1. The summed E-state index contributed by atoms with van der Waals surface area (Å²) in [7, 11) is 1.40. The summed E-state index contributed by atoms with van der Waals surface area (Å²) in [5, 5.41) is 3.40. The maximum absolute atomic E-state index is 12.0. The SMILES string of the molecule is COC(=O)c1cc(Br)cc2c1C=NCC(C1CCNCC1)=C2. The van der Waals surface area contributed by atoms with Crippen LogP contribution < -0.4 is 5.32 Å². The molecule has 0 bridgehead atoms. The number of ether oxygens (including phenoxy) is 1. The molecule has 0 radical (unpaired) electrons. The number of benzene rings is 1. The molecule has 0 spiro atoms. The lowest BCUT2D eigenvalue weighted by Crippen LogP contribution is -2.29. The van der Waals surface area contributed by atoms with E-state index in [1.807, 2.05) is 6.07 Å². The van der Waals surface area contributed by atoms with Gasteiger partial charge < -0.3 is 10.1 Å². The topological polar surface area (TPSA) is 50.7 Å².